The third-order valence-corrected chi connectivity index (χ3v) is 4.98. The van der Waals surface area contributed by atoms with Gasteiger partial charge in [0.15, 0.2) is 0 Å². The lowest BCUT2D eigenvalue weighted by Gasteiger charge is -2.04. The summed E-state index contributed by atoms with van der Waals surface area (Å²) in [5, 5.41) is 1.30. The molecule has 1 nitrogen and oxygen atoms in total. The van der Waals surface area contributed by atoms with E-state index in [1.54, 1.807) is 0 Å². The van der Waals surface area contributed by atoms with Crippen LogP contribution in [0.15, 0.2) is 54.6 Å². The normalized spacial score (nSPS) is 13.8. The maximum Gasteiger partial charge on any atom is 0.0375 e. The minimum absolute atomic E-state index is 0.829. The van der Waals surface area contributed by atoms with Crippen molar-refractivity contribution in [1.29, 1.82) is 0 Å². The average molecular weight is 289 g/mol. The zero-order valence-electron chi connectivity index (χ0n) is 11.5. The van der Waals surface area contributed by atoms with Gasteiger partial charge in [0, 0.05) is 26.2 Å². The molecule has 0 radical (unpaired) electrons. The van der Waals surface area contributed by atoms with Crippen LogP contribution < -0.4 is 5.73 Å². The highest BCUT2D eigenvalue weighted by molar-refractivity contribution is 7.20. The Kier molecular flexibility index (Phi) is 2.90. The molecule has 2 N–H and O–H groups in total. The Hall–Kier alpha value is -2.32. The molecule has 0 unspecified atom stereocenters. The number of allylic oxidation sites excluding steroid dienone is 2. The van der Waals surface area contributed by atoms with E-state index in [0.29, 0.717) is 0 Å². The van der Waals surface area contributed by atoms with Gasteiger partial charge in [0.1, 0.15) is 0 Å². The highest BCUT2D eigenvalue weighted by atomic mass is 32.1. The fraction of sp³-hybridized carbons (Fsp3) is 0.0526. The molecular weight excluding hydrogens is 274 g/mol. The van der Waals surface area contributed by atoms with Gasteiger partial charge in [0.05, 0.1) is 0 Å². The Morgan fingerprint density at radius 1 is 1.00 bits per heavy atom. The molecule has 1 aliphatic rings. The molecule has 1 heterocycles. The van der Waals surface area contributed by atoms with Crippen LogP contribution >= 0.6 is 11.3 Å². The summed E-state index contributed by atoms with van der Waals surface area (Å²) in [4.78, 5) is 1.32. The van der Waals surface area contributed by atoms with E-state index < -0.39 is 0 Å². The highest BCUT2D eigenvalue weighted by Gasteiger charge is 2.12. The summed E-state index contributed by atoms with van der Waals surface area (Å²) >= 11 is 1.81. The number of hydrogen-bond acceptors (Lipinski definition) is 2. The first-order valence-electron chi connectivity index (χ1n) is 7.06. The molecule has 0 fully saturated rings. The third-order valence-electron chi connectivity index (χ3n) is 3.85. The van der Waals surface area contributed by atoms with E-state index in [9.17, 15) is 0 Å². The van der Waals surface area contributed by atoms with Crippen molar-refractivity contribution in [2.75, 3.05) is 5.73 Å². The van der Waals surface area contributed by atoms with Gasteiger partial charge in [-0.2, -0.15) is 0 Å². The quantitative estimate of drug-likeness (QED) is 0.593. The molecule has 3 aromatic rings. The van der Waals surface area contributed by atoms with Gasteiger partial charge in [-0.1, -0.05) is 42.5 Å². The Balaban J connectivity index is 1.94. The number of benzene rings is 2. The first-order chi connectivity index (χ1) is 10.3. The van der Waals surface area contributed by atoms with Crippen LogP contribution in [-0.2, 0) is 0 Å². The summed E-state index contributed by atoms with van der Waals surface area (Å²) in [7, 11) is 0. The van der Waals surface area contributed by atoms with Crippen LogP contribution in [0.2, 0.25) is 0 Å². The van der Waals surface area contributed by atoms with Crippen LogP contribution in [0.25, 0.3) is 27.8 Å². The van der Waals surface area contributed by atoms with Crippen molar-refractivity contribution in [1.82, 2.24) is 0 Å². The van der Waals surface area contributed by atoms with E-state index >= 15 is 0 Å². The van der Waals surface area contributed by atoms with Gasteiger partial charge in [0.2, 0.25) is 0 Å². The van der Waals surface area contributed by atoms with Gasteiger partial charge in [-0.15, -0.1) is 11.3 Å². The standard InChI is InChI=1S/C19H15NS/c20-15-9-10-16-17-11-14(13-5-2-1-3-6-13)7-4-8-18(17)21-19(16)12-15/h1-6,8-12H,7,20H2. The highest BCUT2D eigenvalue weighted by Crippen LogP contribution is 2.38. The van der Waals surface area contributed by atoms with E-state index in [2.05, 4.69) is 60.7 Å². The van der Waals surface area contributed by atoms with Gasteiger partial charge in [-0.05, 0) is 41.8 Å². The predicted molar refractivity (Wildman–Crippen MR) is 94.2 cm³/mol. The average Bonchev–Trinajstić information content (AvgIpc) is 2.70. The van der Waals surface area contributed by atoms with Crippen LogP contribution in [0.1, 0.15) is 22.4 Å². The molecule has 0 saturated carbocycles. The van der Waals surface area contributed by atoms with Crippen molar-refractivity contribution in [2.45, 2.75) is 6.42 Å². The van der Waals surface area contributed by atoms with Crippen molar-refractivity contribution in [3.63, 3.8) is 0 Å². The van der Waals surface area contributed by atoms with Crippen molar-refractivity contribution < 1.29 is 0 Å². The minimum Gasteiger partial charge on any atom is -0.399 e. The Labute approximate surface area is 128 Å². The van der Waals surface area contributed by atoms with E-state index in [-0.39, 0.29) is 0 Å². The first kappa shape index (κ1) is 12.4. The van der Waals surface area contributed by atoms with Crippen molar-refractivity contribution in [3.8, 4) is 0 Å². The molecule has 2 heteroatoms. The monoisotopic (exact) mass is 289 g/mol. The second-order valence-electron chi connectivity index (χ2n) is 5.28. The molecular formula is C19H15NS. The summed E-state index contributed by atoms with van der Waals surface area (Å²) in [5.74, 6) is 0. The van der Waals surface area contributed by atoms with Crippen LogP contribution in [0.3, 0.4) is 0 Å². The maximum atomic E-state index is 5.90. The number of nitrogens with two attached hydrogens (primary N) is 1. The molecule has 0 aliphatic heterocycles. The lowest BCUT2D eigenvalue weighted by molar-refractivity contribution is 1.42. The van der Waals surface area contributed by atoms with Crippen molar-refractivity contribution >= 4 is 44.8 Å². The van der Waals surface area contributed by atoms with Crippen LogP contribution in [0, 0.1) is 0 Å². The van der Waals surface area contributed by atoms with Crippen LogP contribution in [0.4, 0.5) is 5.69 Å². The molecule has 2 aromatic carbocycles. The number of fused-ring (bicyclic) bond motifs is 3. The number of thiophene rings is 1. The van der Waals surface area contributed by atoms with Gasteiger partial charge < -0.3 is 5.73 Å². The molecule has 0 amide bonds. The summed E-state index contributed by atoms with van der Waals surface area (Å²) in [6.07, 6.45) is 7.80. The molecule has 0 saturated heterocycles. The zero-order valence-corrected chi connectivity index (χ0v) is 12.4. The van der Waals surface area contributed by atoms with Gasteiger partial charge >= 0.3 is 0 Å². The second kappa shape index (κ2) is 4.90. The number of nitrogen functional groups attached to an aromatic ring is 1. The molecule has 1 aromatic heterocycles. The minimum atomic E-state index is 0.829. The Morgan fingerprint density at radius 2 is 1.86 bits per heavy atom. The van der Waals surface area contributed by atoms with E-state index in [4.69, 9.17) is 5.73 Å². The van der Waals surface area contributed by atoms with Gasteiger partial charge in [0.25, 0.3) is 0 Å². The number of rotatable bonds is 1. The molecule has 0 spiro atoms. The summed E-state index contributed by atoms with van der Waals surface area (Å²) in [6, 6.07) is 16.8. The van der Waals surface area contributed by atoms with E-state index in [1.807, 2.05) is 17.4 Å². The van der Waals surface area contributed by atoms with Crippen molar-refractivity contribution in [2.24, 2.45) is 0 Å². The number of hydrogen-bond donors (Lipinski definition) is 1. The topological polar surface area (TPSA) is 26.0 Å². The van der Waals surface area contributed by atoms with E-state index in [0.717, 1.165) is 12.1 Å². The first-order valence-corrected chi connectivity index (χ1v) is 7.87. The largest absolute Gasteiger partial charge is 0.399 e. The summed E-state index contributed by atoms with van der Waals surface area (Å²) in [5.41, 5.74) is 10.7. The van der Waals surface area contributed by atoms with Crippen molar-refractivity contribution in [3.05, 3.63) is 70.6 Å². The van der Waals surface area contributed by atoms with Gasteiger partial charge in [-0.25, -0.2) is 0 Å². The molecule has 102 valence electrons. The predicted octanol–water partition coefficient (Wildman–Crippen LogP) is 5.44. The molecule has 0 bridgehead atoms. The van der Waals surface area contributed by atoms with Gasteiger partial charge in [-0.3, -0.25) is 0 Å². The Morgan fingerprint density at radius 3 is 2.71 bits per heavy atom. The fourth-order valence-electron chi connectivity index (χ4n) is 2.80. The molecule has 4 rings (SSSR count). The SMILES string of the molecule is Nc1ccc2c3c(sc2c1)C=CCC(c1ccccc1)=C3. The lowest BCUT2D eigenvalue weighted by Crippen LogP contribution is -1.83. The molecule has 21 heavy (non-hydrogen) atoms. The van der Waals surface area contributed by atoms with Crippen LogP contribution in [0.5, 0.6) is 0 Å². The summed E-state index contributed by atoms with van der Waals surface area (Å²) < 4.78 is 1.26. The Bertz CT molecular complexity index is 869. The fourth-order valence-corrected chi connectivity index (χ4v) is 3.97. The zero-order chi connectivity index (χ0) is 14.2. The maximum absolute atomic E-state index is 5.90. The third kappa shape index (κ3) is 2.18. The second-order valence-corrected chi connectivity index (χ2v) is 6.36. The summed E-state index contributed by atoms with van der Waals surface area (Å²) in [6.45, 7) is 0. The molecule has 0 atom stereocenters. The van der Waals surface area contributed by atoms with Crippen LogP contribution in [-0.4, -0.2) is 0 Å². The number of anilines is 1. The smallest absolute Gasteiger partial charge is 0.0375 e. The lowest BCUT2D eigenvalue weighted by atomic mass is 10.0. The molecule has 1 aliphatic carbocycles. The van der Waals surface area contributed by atoms with E-state index in [1.165, 1.54) is 31.7 Å².